The van der Waals surface area contributed by atoms with Crippen molar-refractivity contribution in [3.05, 3.63) is 142 Å². The van der Waals surface area contributed by atoms with E-state index in [1.165, 1.54) is 16.9 Å². The largest absolute Gasteiger partial charge is 0.469 e. The lowest BCUT2D eigenvalue weighted by molar-refractivity contribution is -0.141. The fraction of sp³-hybridized carbons (Fsp3) is 0.273. The van der Waals surface area contributed by atoms with Crippen LogP contribution in [0, 0.1) is 0 Å². The Kier molecular flexibility index (Phi) is 15.4. The number of hydrogen-bond donors (Lipinski definition) is 2. The summed E-state index contributed by atoms with van der Waals surface area (Å²) in [7, 11) is 1.29. The van der Waals surface area contributed by atoms with Gasteiger partial charge in [0.05, 0.1) is 24.3 Å². The van der Waals surface area contributed by atoms with Crippen molar-refractivity contribution in [3.8, 4) is 22.3 Å². The number of rotatable bonds is 12. The molecule has 2 fully saturated rings. The lowest BCUT2D eigenvalue weighted by Crippen LogP contribution is -2.49. The first-order valence-corrected chi connectivity index (χ1v) is 25.8. The molecule has 0 radical (unpaired) electrons. The van der Waals surface area contributed by atoms with Crippen LogP contribution in [0.1, 0.15) is 57.2 Å². The molecule has 368 valence electrons. The minimum atomic E-state index is -0.447. The predicted molar refractivity (Wildman–Crippen MR) is 288 cm³/mol. The molecule has 3 N–H and O–H groups in total. The minimum absolute atomic E-state index is 0.00876. The molecule has 3 amide bonds. The molecule has 0 unspecified atom stereocenters. The third kappa shape index (κ3) is 11.4. The molecule has 0 bridgehead atoms. The number of piperazine rings is 2. The van der Waals surface area contributed by atoms with E-state index in [9.17, 15) is 19.2 Å². The number of ether oxygens (including phenoxy) is 1. The number of hydrogen-bond acceptors (Lipinski definition) is 14. The zero-order chi connectivity index (χ0) is 50.1. The lowest BCUT2D eigenvalue weighted by atomic mass is 10.0. The molecule has 72 heavy (non-hydrogen) atoms. The number of benzene rings is 4. The number of esters is 1. The summed E-state index contributed by atoms with van der Waals surface area (Å²) in [5.74, 6) is 1.41. The highest BCUT2D eigenvalue weighted by molar-refractivity contribution is 7.19. The summed E-state index contributed by atoms with van der Waals surface area (Å²) < 4.78 is 4.62. The van der Waals surface area contributed by atoms with Crippen molar-refractivity contribution in [1.29, 1.82) is 0 Å². The van der Waals surface area contributed by atoms with Crippen LogP contribution in [-0.2, 0) is 27.2 Å². The van der Waals surface area contributed by atoms with Gasteiger partial charge in [0.2, 0.25) is 17.8 Å². The van der Waals surface area contributed by atoms with Gasteiger partial charge in [-0.2, -0.15) is 9.97 Å². The molecule has 2 saturated heterocycles. The maximum atomic E-state index is 13.3. The molecule has 0 aliphatic carbocycles. The van der Waals surface area contributed by atoms with Crippen LogP contribution in [0.15, 0.2) is 121 Å². The number of nitrogens with one attached hydrogen (secondary N) is 1. The van der Waals surface area contributed by atoms with Crippen LogP contribution >= 0.6 is 22.7 Å². The summed E-state index contributed by atoms with van der Waals surface area (Å²) in [6, 6.07) is 40.2. The van der Waals surface area contributed by atoms with Gasteiger partial charge in [-0.1, -0.05) is 98.8 Å². The molecule has 2 aliphatic heterocycles. The number of carbonyl (C=O) groups is 4. The van der Waals surface area contributed by atoms with Crippen molar-refractivity contribution in [2.75, 3.05) is 80.3 Å². The number of fused-ring (bicyclic) bond motifs is 2. The molecule has 0 spiro atoms. The highest BCUT2D eigenvalue weighted by atomic mass is 32.1. The van der Waals surface area contributed by atoms with Crippen molar-refractivity contribution in [1.82, 2.24) is 29.7 Å². The Balaban J connectivity index is 0.000000182. The number of aromatic nitrogens is 4. The quantitative estimate of drug-likeness (QED) is 0.111. The van der Waals surface area contributed by atoms with Crippen LogP contribution in [-0.4, -0.2) is 113 Å². The van der Waals surface area contributed by atoms with Crippen molar-refractivity contribution in [2.45, 2.75) is 39.5 Å². The molecular formula is C55H56N10O5S2. The Labute approximate surface area is 426 Å². The molecule has 8 aromatic rings. The standard InChI is InChI=1S/C30H31N5O4S.C25H25N5OS/c1-3-23-19-24-27(32-30(33-28(24)40-23)31-25(36)13-14-26(37)39-2)34-15-17-35(18-16-34)29(38)22-11-9-21(10-12-22)20-7-5-4-6-8-20;1-2-20-16-21-22(27-25(26)28-23(21)32-20)29-12-14-30(15-13-29)24(31)19-10-8-18(9-11-19)17-6-4-3-5-7-17/h4-12,19H,3,13-18H2,1-2H3,(H,31,32,33,36);3-11,16H,2,12-15H2,1H3,(H2,26,27,28). The summed E-state index contributed by atoms with van der Waals surface area (Å²) in [5.41, 5.74) is 11.8. The molecule has 4 aromatic heterocycles. The van der Waals surface area contributed by atoms with Gasteiger partial charge in [-0.05, 0) is 71.5 Å². The van der Waals surface area contributed by atoms with Crippen LogP contribution in [0.2, 0.25) is 0 Å². The highest BCUT2D eigenvalue weighted by Gasteiger charge is 2.27. The molecule has 0 atom stereocenters. The molecule has 2 aliphatic rings. The Bertz CT molecular complexity index is 3190. The van der Waals surface area contributed by atoms with E-state index in [4.69, 9.17) is 10.7 Å². The number of anilines is 4. The Morgan fingerprint density at radius 2 is 0.986 bits per heavy atom. The lowest BCUT2D eigenvalue weighted by Gasteiger charge is -2.35. The summed E-state index contributed by atoms with van der Waals surface area (Å²) in [4.78, 5) is 80.7. The van der Waals surface area contributed by atoms with Crippen molar-refractivity contribution in [3.63, 3.8) is 0 Å². The first kappa shape index (κ1) is 49.2. The molecule has 4 aromatic carbocycles. The van der Waals surface area contributed by atoms with E-state index in [1.54, 1.807) is 22.7 Å². The number of carbonyl (C=O) groups excluding carboxylic acids is 4. The zero-order valence-electron chi connectivity index (χ0n) is 40.5. The fourth-order valence-electron chi connectivity index (χ4n) is 8.80. The predicted octanol–water partition coefficient (Wildman–Crippen LogP) is 9.24. The monoisotopic (exact) mass is 1000 g/mol. The number of nitrogen functional groups attached to an aromatic ring is 1. The van der Waals surface area contributed by atoms with Gasteiger partial charge in [0.1, 0.15) is 21.3 Å². The number of amides is 3. The minimum Gasteiger partial charge on any atom is -0.469 e. The average molecular weight is 1000 g/mol. The van der Waals surface area contributed by atoms with E-state index in [1.807, 2.05) is 94.7 Å². The summed E-state index contributed by atoms with van der Waals surface area (Å²) in [5, 5.41) is 4.72. The van der Waals surface area contributed by atoms with Crippen LogP contribution in [0.3, 0.4) is 0 Å². The van der Waals surface area contributed by atoms with Gasteiger partial charge in [0, 0.05) is 79.7 Å². The summed E-state index contributed by atoms with van der Waals surface area (Å²) in [6.45, 7) is 9.27. The van der Waals surface area contributed by atoms with E-state index < -0.39 is 5.97 Å². The van der Waals surface area contributed by atoms with Gasteiger partial charge in [-0.15, -0.1) is 22.7 Å². The molecule has 6 heterocycles. The fourth-order valence-corrected chi connectivity index (χ4v) is 10.7. The van der Waals surface area contributed by atoms with Gasteiger partial charge < -0.3 is 30.1 Å². The van der Waals surface area contributed by atoms with E-state index in [0.717, 1.165) is 85.8 Å². The number of nitrogens with two attached hydrogens (primary N) is 1. The zero-order valence-corrected chi connectivity index (χ0v) is 42.2. The third-order valence-corrected chi connectivity index (χ3v) is 15.2. The van der Waals surface area contributed by atoms with Crippen molar-refractivity contribution < 1.29 is 23.9 Å². The van der Waals surface area contributed by atoms with Gasteiger partial charge in [-0.3, -0.25) is 24.5 Å². The first-order chi connectivity index (χ1) is 35.1. The Morgan fingerprint density at radius 3 is 1.43 bits per heavy atom. The SMILES string of the molecule is CCc1cc2c(N3CCN(C(=O)c4ccc(-c5ccccc5)cc4)CC3)nc(N)nc2s1.CCc1cc2c(N3CCN(C(=O)c4ccc(-c5ccccc5)cc4)CC3)nc(NC(=O)CCC(=O)OC)nc2s1. The van der Waals surface area contributed by atoms with Gasteiger partial charge in [0.25, 0.3) is 11.8 Å². The molecule has 0 saturated carbocycles. The summed E-state index contributed by atoms with van der Waals surface area (Å²) in [6.07, 6.45) is 1.81. The van der Waals surface area contributed by atoms with Crippen molar-refractivity contribution >= 4 is 90.3 Å². The molecular weight excluding hydrogens is 945 g/mol. The van der Waals surface area contributed by atoms with Crippen LogP contribution in [0.4, 0.5) is 23.5 Å². The van der Waals surface area contributed by atoms with Gasteiger partial charge in [-0.25, -0.2) is 9.97 Å². The Morgan fingerprint density at radius 1 is 0.556 bits per heavy atom. The van der Waals surface area contributed by atoms with E-state index in [0.29, 0.717) is 50.8 Å². The van der Waals surface area contributed by atoms with E-state index in [-0.39, 0.29) is 36.5 Å². The smallest absolute Gasteiger partial charge is 0.306 e. The van der Waals surface area contributed by atoms with Gasteiger partial charge in [0.15, 0.2) is 0 Å². The number of aryl methyl sites for hydroxylation is 2. The normalized spacial score (nSPS) is 13.7. The summed E-state index contributed by atoms with van der Waals surface area (Å²) >= 11 is 3.24. The second kappa shape index (κ2) is 22.5. The molecule has 15 nitrogen and oxygen atoms in total. The van der Waals surface area contributed by atoms with E-state index >= 15 is 0 Å². The number of nitrogens with zero attached hydrogens (tertiary/aromatic N) is 8. The second-order valence-corrected chi connectivity index (χ2v) is 19.6. The maximum Gasteiger partial charge on any atom is 0.306 e. The van der Waals surface area contributed by atoms with Gasteiger partial charge >= 0.3 is 5.97 Å². The third-order valence-electron chi connectivity index (χ3n) is 12.8. The van der Waals surface area contributed by atoms with Crippen molar-refractivity contribution in [2.24, 2.45) is 0 Å². The van der Waals surface area contributed by atoms with E-state index in [2.05, 4.69) is 85.1 Å². The average Bonchev–Trinajstić information content (AvgIpc) is 4.06. The Hall–Kier alpha value is -7.76. The van der Waals surface area contributed by atoms with Crippen LogP contribution in [0.25, 0.3) is 42.7 Å². The number of methoxy groups -OCH3 is 1. The van der Waals surface area contributed by atoms with Crippen LogP contribution < -0.4 is 20.9 Å². The molecule has 17 heteroatoms. The number of thiophene rings is 2. The topological polar surface area (TPSA) is 180 Å². The molecule has 10 rings (SSSR count). The first-order valence-electron chi connectivity index (χ1n) is 24.2. The van der Waals surface area contributed by atoms with Crippen LogP contribution in [0.5, 0.6) is 0 Å². The highest BCUT2D eigenvalue weighted by Crippen LogP contribution is 2.35. The second-order valence-electron chi connectivity index (χ2n) is 17.4. The maximum absolute atomic E-state index is 13.3.